The van der Waals surface area contributed by atoms with Crippen LogP contribution >= 0.6 is 0 Å². The van der Waals surface area contributed by atoms with Crippen molar-refractivity contribution in [2.75, 3.05) is 0 Å². The molecule has 0 spiro atoms. The van der Waals surface area contributed by atoms with E-state index in [4.69, 9.17) is 4.74 Å². The van der Waals surface area contributed by atoms with E-state index in [1.54, 1.807) is 0 Å². The molecule has 0 radical (unpaired) electrons. The molecule has 1 heteroatoms. The summed E-state index contributed by atoms with van der Waals surface area (Å²) in [5.74, 6) is 6.37. The second-order valence-corrected chi connectivity index (χ2v) is 8.10. The Labute approximate surface area is 197 Å². The Kier molecular flexibility index (Phi) is 7.27. The lowest BCUT2D eigenvalue weighted by molar-refractivity contribution is 0.477. The van der Waals surface area contributed by atoms with Crippen LogP contribution in [0.2, 0.25) is 0 Å². The van der Waals surface area contributed by atoms with Gasteiger partial charge in [0.15, 0.2) is 0 Å². The third-order valence-corrected chi connectivity index (χ3v) is 5.60. The fourth-order valence-electron chi connectivity index (χ4n) is 3.73. The molecule has 2 atom stereocenters. The number of aryl methyl sites for hydroxylation is 2. The first-order valence-electron chi connectivity index (χ1n) is 11.1. The predicted molar refractivity (Wildman–Crippen MR) is 136 cm³/mol. The van der Waals surface area contributed by atoms with Crippen molar-refractivity contribution in [3.8, 4) is 24.1 Å². The molecule has 0 saturated carbocycles. The Balaban J connectivity index is 1.58. The van der Waals surface area contributed by atoms with Crippen LogP contribution in [0.1, 0.15) is 45.2 Å². The molecule has 4 rings (SSSR count). The first-order valence-corrected chi connectivity index (χ1v) is 11.1. The van der Waals surface area contributed by atoms with Crippen LogP contribution in [0.4, 0.5) is 0 Å². The van der Waals surface area contributed by atoms with Gasteiger partial charge in [0.2, 0.25) is 0 Å². The summed E-state index contributed by atoms with van der Waals surface area (Å²) in [4.78, 5) is 0. The van der Waals surface area contributed by atoms with Crippen LogP contribution in [0.25, 0.3) is 0 Å². The molecule has 0 amide bonds. The minimum atomic E-state index is -0.0735. The van der Waals surface area contributed by atoms with E-state index in [-0.39, 0.29) is 11.8 Å². The van der Waals surface area contributed by atoms with Crippen molar-refractivity contribution in [3.05, 3.63) is 143 Å². The van der Waals surface area contributed by atoms with Crippen LogP contribution in [0.5, 0.6) is 0 Å². The maximum absolute atomic E-state index is 5.51. The number of rotatable bonds is 4. The monoisotopic (exact) mass is 426 g/mol. The zero-order chi connectivity index (χ0) is 22.9. The van der Waals surface area contributed by atoms with E-state index < -0.39 is 0 Å². The van der Waals surface area contributed by atoms with E-state index in [9.17, 15) is 0 Å². The molecular weight excluding hydrogens is 400 g/mol. The molecule has 0 aromatic heterocycles. The van der Waals surface area contributed by atoms with E-state index in [2.05, 4.69) is 111 Å². The zero-order valence-electron chi connectivity index (χ0n) is 19.0. The molecule has 0 fully saturated rings. The standard InChI is InChI=1S/C32H26O/c1-25-13-17-29(18-14-25)31(27-9-5-3-6-10-27)21-23-33-24-22-32(28-11-7-4-8-12-28)30-19-15-26(2)16-20-30/h3-20,31-32H,1-2H3. The molecular formula is C32H26O. The number of ether oxygens (including phenoxy) is 1. The van der Waals surface area contributed by atoms with Gasteiger partial charge < -0.3 is 4.74 Å². The summed E-state index contributed by atoms with van der Waals surface area (Å²) in [5, 5.41) is 0. The summed E-state index contributed by atoms with van der Waals surface area (Å²) in [6, 6.07) is 37.4. The second-order valence-electron chi connectivity index (χ2n) is 8.10. The SMILES string of the molecule is Cc1ccc(C(C#COC#CC(c2ccccc2)c2ccc(C)cc2)c2ccccc2)cc1. The van der Waals surface area contributed by atoms with Crippen molar-refractivity contribution in [2.45, 2.75) is 25.7 Å². The molecule has 0 aliphatic rings. The van der Waals surface area contributed by atoms with Crippen LogP contribution in [0, 0.1) is 37.9 Å². The maximum atomic E-state index is 5.51. The number of hydrogen-bond acceptors (Lipinski definition) is 1. The average molecular weight is 427 g/mol. The quantitative estimate of drug-likeness (QED) is 0.313. The third kappa shape index (κ3) is 5.94. The fraction of sp³-hybridized carbons (Fsp3) is 0.125. The van der Waals surface area contributed by atoms with Crippen molar-refractivity contribution in [1.29, 1.82) is 0 Å². The van der Waals surface area contributed by atoms with Crippen molar-refractivity contribution < 1.29 is 4.74 Å². The van der Waals surface area contributed by atoms with E-state index in [1.165, 1.54) is 11.1 Å². The summed E-state index contributed by atoms with van der Waals surface area (Å²) in [7, 11) is 0. The van der Waals surface area contributed by atoms with Gasteiger partial charge in [0.25, 0.3) is 0 Å². The molecule has 1 nitrogen and oxygen atoms in total. The zero-order valence-corrected chi connectivity index (χ0v) is 19.0. The molecule has 0 aliphatic carbocycles. The number of hydrogen-bond donors (Lipinski definition) is 0. The molecule has 0 aliphatic heterocycles. The minimum absolute atomic E-state index is 0.0735. The van der Waals surface area contributed by atoms with Gasteiger partial charge in [-0.2, -0.15) is 0 Å². The summed E-state index contributed by atoms with van der Waals surface area (Å²) < 4.78 is 5.51. The first kappa shape index (κ1) is 22.0. The molecule has 0 saturated heterocycles. The predicted octanol–water partition coefficient (Wildman–Crippen LogP) is 7.21. The van der Waals surface area contributed by atoms with Crippen LogP contribution in [0.15, 0.2) is 109 Å². The Hall–Kier alpha value is -4.20. The highest BCUT2D eigenvalue weighted by atomic mass is 16.5. The Morgan fingerprint density at radius 3 is 1.15 bits per heavy atom. The summed E-state index contributed by atoms with van der Waals surface area (Å²) in [5.41, 5.74) is 6.99. The molecule has 0 heterocycles. The lowest BCUT2D eigenvalue weighted by Gasteiger charge is -2.12. The Morgan fingerprint density at radius 2 is 0.788 bits per heavy atom. The third-order valence-electron chi connectivity index (χ3n) is 5.60. The Bertz CT molecular complexity index is 1180. The molecule has 33 heavy (non-hydrogen) atoms. The average Bonchev–Trinajstić information content (AvgIpc) is 2.86. The van der Waals surface area contributed by atoms with Crippen LogP contribution in [0.3, 0.4) is 0 Å². The van der Waals surface area contributed by atoms with E-state index in [1.807, 2.05) is 36.4 Å². The largest absolute Gasteiger partial charge is 0.357 e. The van der Waals surface area contributed by atoms with Gasteiger partial charge in [-0.1, -0.05) is 120 Å². The molecule has 0 N–H and O–H groups in total. The summed E-state index contributed by atoms with van der Waals surface area (Å²) in [6.07, 6.45) is 5.68. The second kappa shape index (κ2) is 10.9. The highest BCUT2D eigenvalue weighted by Gasteiger charge is 2.12. The fourth-order valence-corrected chi connectivity index (χ4v) is 3.73. The van der Waals surface area contributed by atoms with Crippen LogP contribution < -0.4 is 0 Å². The smallest absolute Gasteiger partial charge is 0.130 e. The van der Waals surface area contributed by atoms with Gasteiger partial charge in [-0.15, -0.1) is 0 Å². The van der Waals surface area contributed by atoms with Crippen molar-refractivity contribution in [1.82, 2.24) is 0 Å². The van der Waals surface area contributed by atoms with E-state index >= 15 is 0 Å². The lowest BCUT2D eigenvalue weighted by Crippen LogP contribution is -1.99. The minimum Gasteiger partial charge on any atom is -0.357 e. The maximum Gasteiger partial charge on any atom is 0.130 e. The molecule has 160 valence electrons. The van der Waals surface area contributed by atoms with Gasteiger partial charge >= 0.3 is 0 Å². The molecule has 0 bridgehead atoms. The lowest BCUT2D eigenvalue weighted by atomic mass is 9.91. The van der Waals surface area contributed by atoms with E-state index in [0.29, 0.717) is 0 Å². The summed E-state index contributed by atoms with van der Waals surface area (Å²) >= 11 is 0. The normalized spacial score (nSPS) is 11.8. The van der Waals surface area contributed by atoms with Gasteiger partial charge in [-0.05, 0) is 47.9 Å². The highest BCUT2D eigenvalue weighted by molar-refractivity contribution is 5.42. The van der Waals surface area contributed by atoms with Crippen molar-refractivity contribution in [2.24, 2.45) is 0 Å². The van der Waals surface area contributed by atoms with Gasteiger partial charge in [-0.25, -0.2) is 0 Å². The number of benzene rings is 4. The molecule has 4 aromatic carbocycles. The first-order chi connectivity index (χ1) is 16.2. The van der Waals surface area contributed by atoms with Crippen LogP contribution in [-0.2, 0) is 4.74 Å². The van der Waals surface area contributed by atoms with Crippen molar-refractivity contribution >= 4 is 0 Å². The highest BCUT2D eigenvalue weighted by Crippen LogP contribution is 2.25. The van der Waals surface area contributed by atoms with Gasteiger partial charge in [0.1, 0.15) is 12.2 Å². The summed E-state index contributed by atoms with van der Waals surface area (Å²) in [6.45, 7) is 4.17. The van der Waals surface area contributed by atoms with Gasteiger partial charge in [-0.3, -0.25) is 0 Å². The van der Waals surface area contributed by atoms with Gasteiger partial charge in [0, 0.05) is 0 Å². The van der Waals surface area contributed by atoms with Crippen molar-refractivity contribution in [3.63, 3.8) is 0 Å². The molecule has 2 unspecified atom stereocenters. The topological polar surface area (TPSA) is 9.23 Å². The molecule has 4 aromatic rings. The van der Waals surface area contributed by atoms with Gasteiger partial charge in [0.05, 0.1) is 11.8 Å². The van der Waals surface area contributed by atoms with E-state index in [0.717, 1.165) is 22.3 Å². The van der Waals surface area contributed by atoms with Crippen LogP contribution in [-0.4, -0.2) is 0 Å². The Morgan fingerprint density at radius 1 is 0.455 bits per heavy atom.